The summed E-state index contributed by atoms with van der Waals surface area (Å²) in [6.07, 6.45) is 2.57. The van der Waals surface area contributed by atoms with E-state index in [9.17, 15) is 18.8 Å². The van der Waals surface area contributed by atoms with Crippen LogP contribution >= 0.6 is 11.6 Å². The maximum atomic E-state index is 13.5. The summed E-state index contributed by atoms with van der Waals surface area (Å²) < 4.78 is 13.5. The lowest BCUT2D eigenvalue weighted by molar-refractivity contribution is -0.116. The highest BCUT2D eigenvalue weighted by atomic mass is 35.5. The zero-order valence-corrected chi connectivity index (χ0v) is 19.7. The number of benzene rings is 3. The van der Waals surface area contributed by atoms with Crippen LogP contribution in [0.25, 0.3) is 0 Å². The van der Waals surface area contributed by atoms with Gasteiger partial charge in [0.2, 0.25) is 0 Å². The lowest BCUT2D eigenvalue weighted by Crippen LogP contribution is -2.34. The molecular weight excluding hydrogens is 469 g/mol. The van der Waals surface area contributed by atoms with Crippen molar-refractivity contribution in [2.24, 2.45) is 11.1 Å². The van der Waals surface area contributed by atoms with E-state index in [1.54, 1.807) is 29.2 Å². The van der Waals surface area contributed by atoms with Crippen LogP contribution in [0, 0.1) is 11.2 Å². The van der Waals surface area contributed by atoms with E-state index in [4.69, 9.17) is 17.3 Å². The van der Waals surface area contributed by atoms with Gasteiger partial charge in [-0.1, -0.05) is 29.8 Å². The Kier molecular flexibility index (Phi) is 7.28. The molecule has 3 aromatic carbocycles. The van der Waals surface area contributed by atoms with E-state index < -0.39 is 17.1 Å². The smallest absolute Gasteiger partial charge is 0.258 e. The molecule has 3 N–H and O–H groups in total. The van der Waals surface area contributed by atoms with E-state index >= 15 is 0 Å². The highest BCUT2D eigenvalue weighted by Gasteiger charge is 2.35. The Bertz CT molecular complexity index is 1260. The van der Waals surface area contributed by atoms with Gasteiger partial charge in [0.15, 0.2) is 0 Å². The number of para-hydroxylation sites is 1. The average molecular weight is 494 g/mol. The first-order valence-corrected chi connectivity index (χ1v) is 11.7. The highest BCUT2D eigenvalue weighted by molar-refractivity contribution is 6.34. The largest absolute Gasteiger partial charge is 0.330 e. The van der Waals surface area contributed by atoms with Gasteiger partial charge in [0.25, 0.3) is 11.8 Å². The summed E-state index contributed by atoms with van der Waals surface area (Å²) >= 11 is 6.01. The fraction of sp³-hybridized carbons (Fsp3) is 0.222. The van der Waals surface area contributed by atoms with Crippen LogP contribution in [0.5, 0.6) is 0 Å². The zero-order valence-electron chi connectivity index (χ0n) is 19.0. The van der Waals surface area contributed by atoms with Gasteiger partial charge in [0.1, 0.15) is 12.1 Å². The second-order valence-electron chi connectivity index (χ2n) is 8.69. The molecule has 0 aliphatic carbocycles. The quantitative estimate of drug-likeness (QED) is 0.480. The van der Waals surface area contributed by atoms with Crippen LogP contribution < -0.4 is 16.0 Å². The molecular formula is C27H25ClFN3O3. The topological polar surface area (TPSA) is 92.5 Å². The van der Waals surface area contributed by atoms with Gasteiger partial charge in [0, 0.05) is 28.9 Å². The maximum Gasteiger partial charge on any atom is 0.258 e. The zero-order chi connectivity index (χ0) is 25.0. The molecule has 0 bridgehead atoms. The number of hydrogen-bond donors (Lipinski definition) is 2. The fourth-order valence-electron chi connectivity index (χ4n) is 4.44. The van der Waals surface area contributed by atoms with E-state index in [-0.39, 0.29) is 16.5 Å². The highest BCUT2D eigenvalue weighted by Crippen LogP contribution is 2.37. The van der Waals surface area contributed by atoms with E-state index in [0.29, 0.717) is 43.6 Å². The number of fused-ring (bicyclic) bond motifs is 1. The van der Waals surface area contributed by atoms with Gasteiger partial charge in [-0.2, -0.15) is 0 Å². The Morgan fingerprint density at radius 3 is 2.57 bits per heavy atom. The molecule has 1 unspecified atom stereocenters. The number of halogens is 2. The molecule has 0 radical (unpaired) electrons. The van der Waals surface area contributed by atoms with Crippen molar-refractivity contribution in [1.29, 1.82) is 0 Å². The van der Waals surface area contributed by atoms with Crippen molar-refractivity contribution in [1.82, 2.24) is 0 Å². The van der Waals surface area contributed by atoms with Crippen molar-refractivity contribution in [3.05, 3.63) is 94.3 Å². The minimum absolute atomic E-state index is 0.0177. The first-order chi connectivity index (χ1) is 16.9. The molecule has 0 spiro atoms. The molecule has 1 aliphatic heterocycles. The van der Waals surface area contributed by atoms with Crippen molar-refractivity contribution in [2.75, 3.05) is 23.3 Å². The number of amides is 2. The molecule has 180 valence electrons. The molecule has 1 atom stereocenters. The second-order valence-corrected chi connectivity index (χ2v) is 9.09. The third kappa shape index (κ3) is 5.26. The molecule has 1 heterocycles. The van der Waals surface area contributed by atoms with Gasteiger partial charge in [-0.25, -0.2) is 4.39 Å². The first-order valence-electron chi connectivity index (χ1n) is 11.3. The number of anilines is 2. The van der Waals surface area contributed by atoms with Gasteiger partial charge < -0.3 is 20.7 Å². The van der Waals surface area contributed by atoms with Crippen molar-refractivity contribution in [3.63, 3.8) is 0 Å². The van der Waals surface area contributed by atoms with Gasteiger partial charge in [-0.15, -0.1) is 0 Å². The molecule has 0 fully saturated rings. The molecule has 0 saturated heterocycles. The maximum absolute atomic E-state index is 13.5. The lowest BCUT2D eigenvalue weighted by atomic mass is 9.78. The monoisotopic (exact) mass is 493 g/mol. The summed E-state index contributed by atoms with van der Waals surface area (Å²) in [5.41, 5.74) is 7.76. The van der Waals surface area contributed by atoms with Gasteiger partial charge in [0.05, 0.1) is 10.6 Å². The molecule has 35 heavy (non-hydrogen) atoms. The minimum atomic E-state index is -0.605. The summed E-state index contributed by atoms with van der Waals surface area (Å²) in [6.45, 7) is 0.772. The summed E-state index contributed by atoms with van der Waals surface area (Å²) in [7, 11) is 0. The average Bonchev–Trinajstić information content (AvgIpc) is 3.03. The minimum Gasteiger partial charge on any atom is -0.330 e. The third-order valence-electron chi connectivity index (χ3n) is 6.36. The Balaban J connectivity index is 1.55. The molecule has 0 saturated carbocycles. The van der Waals surface area contributed by atoms with Crippen LogP contribution in [0.3, 0.4) is 0 Å². The van der Waals surface area contributed by atoms with Crippen LogP contribution in [0.1, 0.15) is 39.1 Å². The normalized spacial score (nSPS) is 17.3. The number of hydrogen-bond acceptors (Lipinski definition) is 4. The number of aldehydes is 1. The Morgan fingerprint density at radius 1 is 1.11 bits per heavy atom. The number of carbonyl (C=O) groups is 3. The Labute approximate surface area is 207 Å². The fourth-order valence-corrected chi connectivity index (χ4v) is 4.64. The molecule has 1 aliphatic rings. The summed E-state index contributed by atoms with van der Waals surface area (Å²) in [6, 6.07) is 17.6. The number of nitrogens with two attached hydrogens (primary N) is 1. The predicted molar refractivity (Wildman–Crippen MR) is 134 cm³/mol. The summed E-state index contributed by atoms with van der Waals surface area (Å²) in [5, 5.41) is 2.80. The van der Waals surface area contributed by atoms with E-state index in [2.05, 4.69) is 5.32 Å². The molecule has 4 rings (SSSR count). The lowest BCUT2D eigenvalue weighted by Gasteiger charge is -2.26. The van der Waals surface area contributed by atoms with E-state index in [1.165, 1.54) is 12.1 Å². The Morgan fingerprint density at radius 2 is 1.86 bits per heavy atom. The van der Waals surface area contributed by atoms with Gasteiger partial charge in [-0.05, 0) is 79.9 Å². The van der Waals surface area contributed by atoms with Crippen molar-refractivity contribution in [3.8, 4) is 0 Å². The van der Waals surface area contributed by atoms with Crippen molar-refractivity contribution in [2.45, 2.75) is 19.3 Å². The number of nitrogens with one attached hydrogen (secondary N) is 1. The predicted octanol–water partition coefficient (Wildman–Crippen LogP) is 4.86. The van der Waals surface area contributed by atoms with Gasteiger partial charge >= 0.3 is 0 Å². The number of nitrogens with zero attached hydrogens (tertiary/aromatic N) is 1. The SMILES string of the molecule is NCCC1(C=O)CCN(C(=O)c2ccc(NC(=O)c3cc(F)ccc3Cl)cc2)c2ccccc2C1. The molecule has 3 aromatic rings. The van der Waals surface area contributed by atoms with Gasteiger partial charge in [-0.3, -0.25) is 9.59 Å². The van der Waals surface area contributed by atoms with E-state index in [1.807, 2.05) is 24.3 Å². The van der Waals surface area contributed by atoms with E-state index in [0.717, 1.165) is 23.6 Å². The summed E-state index contributed by atoms with van der Waals surface area (Å²) in [5.74, 6) is -1.33. The standard InChI is InChI=1S/C27H25ClFN3O3/c28-23-10-7-20(29)15-22(23)25(34)31-21-8-5-18(6-9-21)26(35)32-14-12-27(17-33,11-13-30)16-19-3-1-2-4-24(19)32/h1-10,15,17H,11-14,16,30H2,(H,31,34). The second kappa shape index (κ2) is 10.4. The first kappa shape index (κ1) is 24.6. The molecule has 2 amide bonds. The summed E-state index contributed by atoms with van der Waals surface area (Å²) in [4.78, 5) is 39.7. The number of rotatable bonds is 6. The molecule has 6 nitrogen and oxygen atoms in total. The van der Waals surface area contributed by atoms with Crippen LogP contribution in [0.4, 0.5) is 15.8 Å². The Hall–Kier alpha value is -3.55. The van der Waals surface area contributed by atoms with Crippen molar-refractivity contribution >= 4 is 41.1 Å². The van der Waals surface area contributed by atoms with Crippen LogP contribution in [0.15, 0.2) is 66.7 Å². The van der Waals surface area contributed by atoms with Crippen molar-refractivity contribution < 1.29 is 18.8 Å². The third-order valence-corrected chi connectivity index (χ3v) is 6.69. The molecule has 0 aromatic heterocycles. The van der Waals surface area contributed by atoms with Crippen LogP contribution in [-0.2, 0) is 11.2 Å². The van der Waals surface area contributed by atoms with Crippen LogP contribution in [-0.4, -0.2) is 31.2 Å². The molecule has 8 heteroatoms. The van der Waals surface area contributed by atoms with Crippen LogP contribution in [0.2, 0.25) is 5.02 Å². The number of carbonyl (C=O) groups excluding carboxylic acids is 3.